The minimum Gasteiger partial charge on any atom is -0.291 e. The molecule has 0 atom stereocenters. The Kier molecular flexibility index (Phi) is 5.06. The number of carbonyl (C=O) groups is 1. The molecular weight excluding hydrogens is 258 g/mol. The van der Waals surface area contributed by atoms with Gasteiger partial charge in [-0.15, -0.1) is 11.3 Å². The van der Waals surface area contributed by atoms with Crippen molar-refractivity contribution in [3.8, 4) is 0 Å². The monoisotopic (exact) mass is 275 g/mol. The number of thiazole rings is 1. The number of hydrazine groups is 1. The molecule has 1 amide bonds. The quantitative estimate of drug-likeness (QED) is 0.795. The van der Waals surface area contributed by atoms with Crippen molar-refractivity contribution < 1.29 is 4.79 Å². The Morgan fingerprint density at radius 3 is 2.79 bits per heavy atom. The van der Waals surface area contributed by atoms with E-state index in [0.29, 0.717) is 19.4 Å². The largest absolute Gasteiger partial charge is 0.291 e. The Morgan fingerprint density at radius 1 is 1.32 bits per heavy atom. The summed E-state index contributed by atoms with van der Waals surface area (Å²) in [6, 6.07) is 9.94. The Hall–Kier alpha value is -1.72. The maximum Gasteiger partial charge on any atom is 0.234 e. The van der Waals surface area contributed by atoms with Crippen molar-refractivity contribution >= 4 is 17.2 Å². The summed E-state index contributed by atoms with van der Waals surface area (Å²) in [7, 11) is 0. The number of aryl methyl sites for hydroxylation is 2. The van der Waals surface area contributed by atoms with Crippen molar-refractivity contribution in [2.24, 2.45) is 0 Å². The second-order valence-electron chi connectivity index (χ2n) is 4.25. The second-order valence-corrected chi connectivity index (χ2v) is 5.31. The van der Waals surface area contributed by atoms with E-state index in [0.717, 1.165) is 16.3 Å². The van der Waals surface area contributed by atoms with Gasteiger partial charge in [-0.1, -0.05) is 30.3 Å². The lowest BCUT2D eigenvalue weighted by atomic mass is 10.2. The van der Waals surface area contributed by atoms with Gasteiger partial charge < -0.3 is 0 Å². The van der Waals surface area contributed by atoms with Crippen molar-refractivity contribution in [3.63, 3.8) is 0 Å². The summed E-state index contributed by atoms with van der Waals surface area (Å²) in [5.74, 6) is -0.0124. The highest BCUT2D eigenvalue weighted by Gasteiger charge is 2.04. The summed E-state index contributed by atoms with van der Waals surface area (Å²) >= 11 is 1.61. The first kappa shape index (κ1) is 13.7. The first-order valence-electron chi connectivity index (χ1n) is 6.20. The Morgan fingerprint density at radius 2 is 2.11 bits per heavy atom. The van der Waals surface area contributed by atoms with E-state index in [1.807, 2.05) is 42.6 Å². The van der Waals surface area contributed by atoms with Crippen molar-refractivity contribution in [1.82, 2.24) is 15.8 Å². The Balaban J connectivity index is 1.65. The van der Waals surface area contributed by atoms with Crippen molar-refractivity contribution in [3.05, 3.63) is 52.0 Å². The molecule has 0 bridgehead atoms. The first-order chi connectivity index (χ1) is 9.24. The zero-order chi connectivity index (χ0) is 13.5. The Labute approximate surface area is 116 Å². The average Bonchev–Trinajstić information content (AvgIpc) is 2.83. The van der Waals surface area contributed by atoms with Crippen LogP contribution >= 0.6 is 11.3 Å². The summed E-state index contributed by atoms with van der Waals surface area (Å²) in [5, 5.41) is 3.04. The third kappa shape index (κ3) is 4.81. The van der Waals surface area contributed by atoms with E-state index in [4.69, 9.17) is 0 Å². The highest BCUT2D eigenvalue weighted by Crippen LogP contribution is 2.09. The minimum absolute atomic E-state index is 0.0124. The molecule has 4 nitrogen and oxygen atoms in total. The van der Waals surface area contributed by atoms with E-state index in [1.165, 1.54) is 0 Å². The molecule has 2 N–H and O–H groups in total. The van der Waals surface area contributed by atoms with Gasteiger partial charge in [0, 0.05) is 18.3 Å². The number of nitrogens with one attached hydrogen (secondary N) is 2. The van der Waals surface area contributed by atoms with Crippen LogP contribution in [0.15, 0.2) is 35.7 Å². The summed E-state index contributed by atoms with van der Waals surface area (Å²) in [5.41, 5.74) is 7.74. The van der Waals surface area contributed by atoms with Crippen LogP contribution in [-0.2, 0) is 17.8 Å². The third-order valence-electron chi connectivity index (χ3n) is 2.64. The SMILES string of the molecule is Cc1nc(CCC(=O)NNCc2ccccc2)cs1. The highest BCUT2D eigenvalue weighted by atomic mass is 32.1. The molecule has 1 heterocycles. The average molecular weight is 275 g/mol. The summed E-state index contributed by atoms with van der Waals surface area (Å²) < 4.78 is 0. The fourth-order valence-electron chi connectivity index (χ4n) is 1.67. The first-order valence-corrected chi connectivity index (χ1v) is 7.08. The van der Waals surface area contributed by atoms with Crippen LogP contribution in [0, 0.1) is 6.92 Å². The highest BCUT2D eigenvalue weighted by molar-refractivity contribution is 7.09. The lowest BCUT2D eigenvalue weighted by Crippen LogP contribution is -2.36. The van der Waals surface area contributed by atoms with E-state index in [9.17, 15) is 4.79 Å². The van der Waals surface area contributed by atoms with Crippen LogP contribution in [0.2, 0.25) is 0 Å². The zero-order valence-corrected chi connectivity index (χ0v) is 11.7. The van der Waals surface area contributed by atoms with Gasteiger partial charge in [0.1, 0.15) is 0 Å². The number of amides is 1. The predicted molar refractivity (Wildman–Crippen MR) is 76.6 cm³/mol. The van der Waals surface area contributed by atoms with Gasteiger partial charge in [-0.05, 0) is 18.9 Å². The van der Waals surface area contributed by atoms with Crippen LogP contribution < -0.4 is 10.9 Å². The fraction of sp³-hybridized carbons (Fsp3) is 0.286. The van der Waals surface area contributed by atoms with Gasteiger partial charge in [0.25, 0.3) is 0 Å². The van der Waals surface area contributed by atoms with E-state index in [1.54, 1.807) is 11.3 Å². The van der Waals surface area contributed by atoms with Gasteiger partial charge in [-0.3, -0.25) is 10.2 Å². The molecule has 0 fully saturated rings. The maximum absolute atomic E-state index is 11.6. The molecule has 19 heavy (non-hydrogen) atoms. The van der Waals surface area contributed by atoms with E-state index >= 15 is 0 Å². The van der Waals surface area contributed by atoms with E-state index < -0.39 is 0 Å². The van der Waals surface area contributed by atoms with E-state index in [-0.39, 0.29) is 5.91 Å². The number of benzene rings is 1. The molecular formula is C14H17N3OS. The van der Waals surface area contributed by atoms with Gasteiger partial charge in [0.2, 0.25) is 5.91 Å². The normalized spacial score (nSPS) is 10.4. The third-order valence-corrected chi connectivity index (χ3v) is 3.46. The lowest BCUT2D eigenvalue weighted by molar-refractivity contribution is -0.122. The molecule has 0 spiro atoms. The van der Waals surface area contributed by atoms with Gasteiger partial charge in [-0.25, -0.2) is 10.4 Å². The van der Waals surface area contributed by atoms with Crippen LogP contribution in [0.5, 0.6) is 0 Å². The smallest absolute Gasteiger partial charge is 0.234 e. The molecule has 0 saturated carbocycles. The van der Waals surface area contributed by atoms with Crippen LogP contribution in [0.3, 0.4) is 0 Å². The van der Waals surface area contributed by atoms with Crippen molar-refractivity contribution in [2.75, 3.05) is 0 Å². The van der Waals surface area contributed by atoms with Gasteiger partial charge >= 0.3 is 0 Å². The fourth-order valence-corrected chi connectivity index (χ4v) is 2.31. The molecule has 1 aromatic carbocycles. The number of rotatable bonds is 6. The van der Waals surface area contributed by atoms with Gasteiger partial charge in [0.15, 0.2) is 0 Å². The number of nitrogens with zero attached hydrogens (tertiary/aromatic N) is 1. The summed E-state index contributed by atoms with van der Waals surface area (Å²) in [6.45, 7) is 2.60. The number of carbonyl (C=O) groups excluding carboxylic acids is 1. The molecule has 5 heteroatoms. The van der Waals surface area contributed by atoms with Crippen molar-refractivity contribution in [1.29, 1.82) is 0 Å². The number of hydrogen-bond donors (Lipinski definition) is 2. The lowest BCUT2D eigenvalue weighted by Gasteiger charge is -2.06. The van der Waals surface area contributed by atoms with Gasteiger partial charge in [0.05, 0.1) is 10.7 Å². The molecule has 0 unspecified atom stereocenters. The molecule has 0 radical (unpaired) electrons. The number of aromatic nitrogens is 1. The molecule has 2 aromatic rings. The van der Waals surface area contributed by atoms with Crippen LogP contribution in [-0.4, -0.2) is 10.9 Å². The molecule has 2 rings (SSSR count). The predicted octanol–water partition coefficient (Wildman–Crippen LogP) is 2.21. The summed E-state index contributed by atoms with van der Waals surface area (Å²) in [6.07, 6.45) is 1.13. The molecule has 0 aliphatic carbocycles. The van der Waals surface area contributed by atoms with Crippen LogP contribution in [0.1, 0.15) is 22.7 Å². The topological polar surface area (TPSA) is 54.0 Å². The minimum atomic E-state index is -0.0124. The number of hydrogen-bond acceptors (Lipinski definition) is 4. The zero-order valence-electron chi connectivity index (χ0n) is 10.8. The summed E-state index contributed by atoms with van der Waals surface area (Å²) in [4.78, 5) is 15.9. The second kappa shape index (κ2) is 7.01. The Bertz CT molecular complexity index is 524. The molecule has 1 aromatic heterocycles. The molecule has 100 valence electrons. The van der Waals surface area contributed by atoms with Crippen LogP contribution in [0.4, 0.5) is 0 Å². The van der Waals surface area contributed by atoms with Gasteiger partial charge in [-0.2, -0.15) is 0 Å². The standard InChI is InChI=1S/C14H17N3OS/c1-11-16-13(10-19-11)7-8-14(18)17-15-9-12-5-3-2-4-6-12/h2-6,10,15H,7-9H2,1H3,(H,17,18). The van der Waals surface area contributed by atoms with E-state index in [2.05, 4.69) is 15.8 Å². The molecule has 0 aliphatic rings. The van der Waals surface area contributed by atoms with Crippen molar-refractivity contribution in [2.45, 2.75) is 26.3 Å². The van der Waals surface area contributed by atoms with Crippen LogP contribution in [0.25, 0.3) is 0 Å². The maximum atomic E-state index is 11.6. The molecule has 0 saturated heterocycles. The molecule has 0 aliphatic heterocycles.